The molecular formula is C18H25N3O3. The first-order valence-electron chi connectivity index (χ1n) is 9.04. The smallest absolute Gasteiger partial charge is 0.275 e. The van der Waals surface area contributed by atoms with Crippen molar-refractivity contribution in [1.29, 1.82) is 0 Å². The van der Waals surface area contributed by atoms with Crippen LogP contribution >= 0.6 is 0 Å². The van der Waals surface area contributed by atoms with Crippen molar-refractivity contribution in [2.45, 2.75) is 56.9 Å². The van der Waals surface area contributed by atoms with Crippen molar-refractivity contribution < 1.29 is 14.4 Å². The van der Waals surface area contributed by atoms with Crippen molar-refractivity contribution in [2.24, 2.45) is 0 Å². The summed E-state index contributed by atoms with van der Waals surface area (Å²) in [6.45, 7) is 3.30. The Kier molecular flexibility index (Phi) is 4.78. The second-order valence-electron chi connectivity index (χ2n) is 6.90. The highest BCUT2D eigenvalue weighted by molar-refractivity contribution is 5.80. The number of nitrogens with zero attached hydrogens (tertiary/aromatic N) is 3. The summed E-state index contributed by atoms with van der Waals surface area (Å²) in [4.78, 5) is 24.6. The number of likely N-dealkylation sites (tertiary alicyclic amines) is 1. The van der Waals surface area contributed by atoms with Crippen LogP contribution < -0.4 is 0 Å². The summed E-state index contributed by atoms with van der Waals surface area (Å²) in [6.07, 6.45) is 8.37. The fraction of sp³-hybridized carbons (Fsp3) is 0.667. The van der Waals surface area contributed by atoms with Gasteiger partial charge in [0.15, 0.2) is 0 Å². The minimum Gasteiger partial charge on any atom is -0.363 e. The van der Waals surface area contributed by atoms with Gasteiger partial charge < -0.3 is 4.74 Å². The van der Waals surface area contributed by atoms with E-state index in [-0.39, 0.29) is 18.1 Å². The second kappa shape index (κ2) is 7.17. The van der Waals surface area contributed by atoms with Crippen LogP contribution in [0.1, 0.15) is 37.7 Å². The SMILES string of the molecule is O=C([C@@H]1CC[C@@H]2[C@@H](CCN2Cc2ccncc2)O1)N1CCCCO1. The predicted octanol–water partition coefficient (Wildman–Crippen LogP) is 1.76. The highest BCUT2D eigenvalue weighted by atomic mass is 16.7. The van der Waals surface area contributed by atoms with Crippen LogP contribution in [0.25, 0.3) is 0 Å². The van der Waals surface area contributed by atoms with Crippen molar-refractivity contribution in [2.75, 3.05) is 19.7 Å². The van der Waals surface area contributed by atoms with Crippen molar-refractivity contribution in [3.63, 3.8) is 0 Å². The van der Waals surface area contributed by atoms with Gasteiger partial charge in [0.2, 0.25) is 0 Å². The lowest BCUT2D eigenvalue weighted by molar-refractivity contribution is -0.213. The number of pyridine rings is 1. The van der Waals surface area contributed by atoms with Crippen LogP contribution in [-0.2, 0) is 20.9 Å². The summed E-state index contributed by atoms with van der Waals surface area (Å²) in [5, 5.41) is 1.53. The van der Waals surface area contributed by atoms with Crippen LogP contribution in [0.3, 0.4) is 0 Å². The van der Waals surface area contributed by atoms with E-state index >= 15 is 0 Å². The number of ether oxygens (including phenoxy) is 1. The van der Waals surface area contributed by atoms with Gasteiger partial charge in [-0.05, 0) is 49.8 Å². The Hall–Kier alpha value is -1.50. The molecule has 0 aromatic carbocycles. The van der Waals surface area contributed by atoms with Gasteiger partial charge in [-0.2, -0.15) is 0 Å². The molecule has 0 spiro atoms. The first kappa shape index (κ1) is 16.0. The van der Waals surface area contributed by atoms with Crippen LogP contribution in [0.5, 0.6) is 0 Å². The first-order valence-corrected chi connectivity index (χ1v) is 9.04. The summed E-state index contributed by atoms with van der Waals surface area (Å²) >= 11 is 0. The molecule has 0 radical (unpaired) electrons. The number of hydrogen-bond acceptors (Lipinski definition) is 5. The molecule has 24 heavy (non-hydrogen) atoms. The molecule has 130 valence electrons. The molecule has 3 aliphatic heterocycles. The van der Waals surface area contributed by atoms with Gasteiger partial charge in [-0.1, -0.05) is 0 Å². The maximum Gasteiger partial charge on any atom is 0.275 e. The molecule has 3 aliphatic rings. The molecule has 6 nitrogen and oxygen atoms in total. The molecule has 3 atom stereocenters. The van der Waals surface area contributed by atoms with Gasteiger partial charge >= 0.3 is 0 Å². The minimum atomic E-state index is -0.328. The predicted molar refractivity (Wildman–Crippen MR) is 87.8 cm³/mol. The van der Waals surface area contributed by atoms with E-state index in [1.165, 1.54) is 10.6 Å². The monoisotopic (exact) mass is 331 g/mol. The Morgan fingerprint density at radius 3 is 2.83 bits per heavy atom. The molecule has 6 heteroatoms. The summed E-state index contributed by atoms with van der Waals surface area (Å²) < 4.78 is 6.17. The zero-order valence-electron chi connectivity index (χ0n) is 14.0. The molecule has 3 fully saturated rings. The van der Waals surface area contributed by atoms with Gasteiger partial charge in [-0.25, -0.2) is 5.06 Å². The van der Waals surface area contributed by atoms with Gasteiger partial charge in [-0.15, -0.1) is 0 Å². The average Bonchev–Trinajstić information content (AvgIpc) is 3.05. The van der Waals surface area contributed by atoms with E-state index in [0.29, 0.717) is 19.2 Å². The molecule has 1 aromatic rings. The Labute approximate surface area is 142 Å². The van der Waals surface area contributed by atoms with Crippen LogP contribution in [0, 0.1) is 0 Å². The molecule has 0 aliphatic carbocycles. The summed E-state index contributed by atoms with van der Waals surface area (Å²) in [6, 6.07) is 4.55. The standard InChI is InChI=1S/C18H25N3O3/c22-18(21-10-1-2-12-23-21)17-4-3-15-16(24-17)7-11-20(15)13-14-5-8-19-9-6-14/h5-6,8-9,15-17H,1-4,7,10-13H2/t15-,16-,17+/m1/s1. The Morgan fingerprint density at radius 1 is 1.17 bits per heavy atom. The molecular weight excluding hydrogens is 306 g/mol. The Balaban J connectivity index is 1.34. The third kappa shape index (κ3) is 3.31. The molecule has 4 heterocycles. The number of hydroxylamine groups is 2. The van der Waals surface area contributed by atoms with Gasteiger partial charge in [-0.3, -0.25) is 19.5 Å². The summed E-state index contributed by atoms with van der Waals surface area (Å²) in [5.41, 5.74) is 1.28. The molecule has 1 amide bonds. The van der Waals surface area contributed by atoms with Gasteiger partial charge in [0.25, 0.3) is 5.91 Å². The fourth-order valence-corrected chi connectivity index (χ4v) is 4.05. The van der Waals surface area contributed by atoms with Crippen LogP contribution in [-0.4, -0.2) is 58.8 Å². The topological polar surface area (TPSA) is 54.9 Å². The normalized spacial score (nSPS) is 31.0. The number of carbonyl (C=O) groups is 1. The zero-order valence-corrected chi connectivity index (χ0v) is 14.0. The number of amides is 1. The summed E-state index contributed by atoms with van der Waals surface area (Å²) in [5.74, 6) is 0.0146. The van der Waals surface area contributed by atoms with Crippen molar-refractivity contribution in [1.82, 2.24) is 14.9 Å². The largest absolute Gasteiger partial charge is 0.363 e. The average molecular weight is 331 g/mol. The highest BCUT2D eigenvalue weighted by Crippen LogP contribution is 2.33. The number of aromatic nitrogens is 1. The lowest BCUT2D eigenvalue weighted by Gasteiger charge is -2.37. The Bertz CT molecular complexity index is 562. The third-order valence-electron chi connectivity index (χ3n) is 5.32. The third-order valence-corrected chi connectivity index (χ3v) is 5.32. The number of hydrogen-bond donors (Lipinski definition) is 0. The molecule has 1 aromatic heterocycles. The number of fused-ring (bicyclic) bond motifs is 1. The van der Waals surface area contributed by atoms with Gasteiger partial charge in [0.1, 0.15) is 6.10 Å². The first-order chi connectivity index (χ1) is 11.8. The molecule has 3 saturated heterocycles. The Morgan fingerprint density at radius 2 is 2.04 bits per heavy atom. The van der Waals surface area contributed by atoms with Crippen LogP contribution in [0.2, 0.25) is 0 Å². The second-order valence-corrected chi connectivity index (χ2v) is 6.90. The minimum absolute atomic E-state index is 0.0146. The van der Waals surface area contributed by atoms with E-state index < -0.39 is 0 Å². The van der Waals surface area contributed by atoms with Crippen molar-refractivity contribution in [3.8, 4) is 0 Å². The van der Waals surface area contributed by atoms with Crippen LogP contribution in [0.4, 0.5) is 0 Å². The van der Waals surface area contributed by atoms with Crippen molar-refractivity contribution >= 4 is 5.91 Å². The van der Waals surface area contributed by atoms with E-state index in [2.05, 4.69) is 22.0 Å². The molecule has 0 unspecified atom stereocenters. The molecule has 0 N–H and O–H groups in total. The lowest BCUT2D eigenvalue weighted by atomic mass is 9.98. The maximum atomic E-state index is 12.6. The van der Waals surface area contributed by atoms with Crippen LogP contribution in [0.15, 0.2) is 24.5 Å². The van der Waals surface area contributed by atoms with E-state index in [1.807, 2.05) is 12.4 Å². The number of rotatable bonds is 3. The molecule has 4 rings (SSSR count). The zero-order chi connectivity index (χ0) is 16.4. The highest BCUT2D eigenvalue weighted by Gasteiger charge is 2.42. The summed E-state index contributed by atoms with van der Waals surface area (Å²) in [7, 11) is 0. The molecule has 0 bridgehead atoms. The van der Waals surface area contributed by atoms with E-state index in [1.54, 1.807) is 0 Å². The number of carbonyl (C=O) groups excluding carboxylic acids is 1. The van der Waals surface area contributed by atoms with E-state index in [4.69, 9.17) is 9.57 Å². The quantitative estimate of drug-likeness (QED) is 0.845. The lowest BCUT2D eigenvalue weighted by Crippen LogP contribution is -2.49. The van der Waals surface area contributed by atoms with E-state index in [9.17, 15) is 4.79 Å². The van der Waals surface area contributed by atoms with Crippen molar-refractivity contribution in [3.05, 3.63) is 30.1 Å². The van der Waals surface area contributed by atoms with Gasteiger partial charge in [0.05, 0.1) is 12.7 Å². The fourth-order valence-electron chi connectivity index (χ4n) is 4.05. The molecule has 0 saturated carbocycles. The van der Waals surface area contributed by atoms with E-state index in [0.717, 1.165) is 45.2 Å². The van der Waals surface area contributed by atoms with Gasteiger partial charge in [0, 0.05) is 38.1 Å². The maximum absolute atomic E-state index is 12.6.